The number of nitrogens with one attached hydrogen (secondary N) is 1. The molecule has 0 radical (unpaired) electrons. The Bertz CT molecular complexity index is 601. The number of carbonyl (C=O) groups excluding carboxylic acids is 1. The topological polar surface area (TPSA) is 42.0 Å². The Morgan fingerprint density at radius 3 is 2.78 bits per heavy atom. The predicted molar refractivity (Wildman–Crippen MR) is 81.1 cm³/mol. The molecular formula is C13H10ClIN2O. The number of halogens is 2. The molecule has 0 unspecified atom stereocenters. The zero-order valence-electron chi connectivity index (χ0n) is 9.58. The molecule has 1 aromatic heterocycles. The van der Waals surface area contributed by atoms with Crippen LogP contribution < -0.4 is 5.32 Å². The lowest BCUT2D eigenvalue weighted by atomic mass is 10.2. The average molecular weight is 373 g/mol. The quantitative estimate of drug-likeness (QED) is 0.813. The summed E-state index contributed by atoms with van der Waals surface area (Å²) in [4.78, 5) is 16.1. The summed E-state index contributed by atoms with van der Waals surface area (Å²) in [5.41, 5.74) is 2.15. The molecule has 0 spiro atoms. The maximum absolute atomic E-state index is 12.0. The SMILES string of the molecule is Cc1cc(C(=O)Nc2ccc(Cl)cc2I)ccn1. The Kier molecular flexibility index (Phi) is 4.19. The highest BCUT2D eigenvalue weighted by molar-refractivity contribution is 14.1. The van der Waals surface area contributed by atoms with Gasteiger partial charge in [-0.3, -0.25) is 9.78 Å². The lowest BCUT2D eigenvalue weighted by molar-refractivity contribution is 0.102. The van der Waals surface area contributed by atoms with Crippen LogP contribution in [0.15, 0.2) is 36.5 Å². The zero-order valence-corrected chi connectivity index (χ0v) is 12.5. The van der Waals surface area contributed by atoms with E-state index in [4.69, 9.17) is 11.6 Å². The number of anilines is 1. The van der Waals surface area contributed by atoms with Gasteiger partial charge in [0, 0.05) is 26.0 Å². The van der Waals surface area contributed by atoms with E-state index in [0.29, 0.717) is 10.6 Å². The Balaban J connectivity index is 2.21. The Hall–Kier alpha value is -1.14. The van der Waals surface area contributed by atoms with Crippen LogP contribution in [0.25, 0.3) is 0 Å². The van der Waals surface area contributed by atoms with Gasteiger partial charge in [-0.1, -0.05) is 11.6 Å². The first kappa shape index (κ1) is 13.3. The highest BCUT2D eigenvalue weighted by Gasteiger charge is 2.08. The summed E-state index contributed by atoms with van der Waals surface area (Å²) in [7, 11) is 0. The van der Waals surface area contributed by atoms with Gasteiger partial charge in [0.05, 0.1) is 5.69 Å². The molecule has 1 heterocycles. The number of benzene rings is 1. The normalized spacial score (nSPS) is 10.2. The second kappa shape index (κ2) is 5.67. The summed E-state index contributed by atoms with van der Waals surface area (Å²) < 4.78 is 0.902. The van der Waals surface area contributed by atoms with Crippen LogP contribution in [0.1, 0.15) is 16.1 Å². The largest absolute Gasteiger partial charge is 0.321 e. The van der Waals surface area contributed by atoms with E-state index in [0.717, 1.165) is 15.0 Å². The zero-order chi connectivity index (χ0) is 13.1. The van der Waals surface area contributed by atoms with E-state index in [1.165, 1.54) is 0 Å². The first-order valence-corrected chi connectivity index (χ1v) is 6.71. The fourth-order valence-corrected chi connectivity index (χ4v) is 2.48. The summed E-state index contributed by atoms with van der Waals surface area (Å²) in [6.45, 7) is 1.85. The summed E-state index contributed by atoms with van der Waals surface area (Å²) in [6.07, 6.45) is 1.62. The first-order chi connectivity index (χ1) is 8.56. The molecule has 0 bridgehead atoms. The molecule has 2 rings (SSSR count). The van der Waals surface area contributed by atoms with Gasteiger partial charge in [0.25, 0.3) is 5.91 Å². The molecule has 0 saturated carbocycles. The van der Waals surface area contributed by atoms with E-state index in [1.807, 2.05) is 6.92 Å². The fraction of sp³-hybridized carbons (Fsp3) is 0.0769. The van der Waals surface area contributed by atoms with E-state index in [2.05, 4.69) is 32.9 Å². The number of pyridine rings is 1. The predicted octanol–water partition coefficient (Wildman–Crippen LogP) is 3.90. The fourth-order valence-electron chi connectivity index (χ4n) is 1.47. The third kappa shape index (κ3) is 3.20. The minimum atomic E-state index is -0.152. The smallest absolute Gasteiger partial charge is 0.255 e. The third-order valence-corrected chi connectivity index (χ3v) is 3.47. The van der Waals surface area contributed by atoms with E-state index >= 15 is 0 Å². The van der Waals surface area contributed by atoms with Gasteiger partial charge in [-0.25, -0.2) is 0 Å². The molecule has 0 atom stereocenters. The van der Waals surface area contributed by atoms with Crippen LogP contribution in [0, 0.1) is 10.5 Å². The standard InChI is InChI=1S/C13H10ClIN2O/c1-8-6-9(4-5-16-8)13(18)17-12-3-2-10(14)7-11(12)15/h2-7H,1H3,(H,17,18). The molecule has 0 saturated heterocycles. The minimum absolute atomic E-state index is 0.152. The first-order valence-electron chi connectivity index (χ1n) is 5.25. The van der Waals surface area contributed by atoms with Crippen molar-refractivity contribution >= 4 is 45.8 Å². The van der Waals surface area contributed by atoms with E-state index in [1.54, 1.807) is 36.5 Å². The van der Waals surface area contributed by atoms with Gasteiger partial charge in [-0.15, -0.1) is 0 Å². The average Bonchev–Trinajstić information content (AvgIpc) is 2.32. The number of aryl methyl sites for hydroxylation is 1. The molecule has 5 heteroatoms. The molecule has 0 aliphatic carbocycles. The molecule has 1 amide bonds. The molecular weight excluding hydrogens is 363 g/mol. The van der Waals surface area contributed by atoms with Crippen LogP contribution in [0.4, 0.5) is 5.69 Å². The molecule has 3 nitrogen and oxygen atoms in total. The van der Waals surface area contributed by atoms with Crippen molar-refractivity contribution in [1.29, 1.82) is 0 Å². The Morgan fingerprint density at radius 1 is 1.33 bits per heavy atom. The van der Waals surface area contributed by atoms with Crippen molar-refractivity contribution in [3.63, 3.8) is 0 Å². The lowest BCUT2D eigenvalue weighted by Gasteiger charge is -2.08. The van der Waals surface area contributed by atoms with Gasteiger partial charge in [0.1, 0.15) is 0 Å². The van der Waals surface area contributed by atoms with Crippen molar-refractivity contribution in [2.24, 2.45) is 0 Å². The Morgan fingerprint density at radius 2 is 2.11 bits per heavy atom. The molecule has 2 aromatic rings. The van der Waals surface area contributed by atoms with Gasteiger partial charge < -0.3 is 5.32 Å². The minimum Gasteiger partial charge on any atom is -0.321 e. The summed E-state index contributed by atoms with van der Waals surface area (Å²) in [6, 6.07) is 8.77. The second-order valence-corrected chi connectivity index (χ2v) is 5.36. The number of hydrogen-bond donors (Lipinski definition) is 1. The van der Waals surface area contributed by atoms with E-state index in [9.17, 15) is 4.79 Å². The Labute approximate surface area is 124 Å². The van der Waals surface area contributed by atoms with Crippen molar-refractivity contribution in [2.75, 3.05) is 5.32 Å². The van der Waals surface area contributed by atoms with Crippen molar-refractivity contribution < 1.29 is 4.79 Å². The van der Waals surface area contributed by atoms with Gasteiger partial charge in [-0.2, -0.15) is 0 Å². The summed E-state index contributed by atoms with van der Waals surface area (Å²) >= 11 is 8.00. The number of hydrogen-bond acceptors (Lipinski definition) is 2. The van der Waals surface area contributed by atoms with Crippen LogP contribution >= 0.6 is 34.2 Å². The summed E-state index contributed by atoms with van der Waals surface area (Å²) in [5, 5.41) is 3.50. The van der Waals surface area contributed by atoms with Gasteiger partial charge in [0.2, 0.25) is 0 Å². The van der Waals surface area contributed by atoms with Crippen LogP contribution in [0.3, 0.4) is 0 Å². The van der Waals surface area contributed by atoms with Crippen molar-refractivity contribution in [2.45, 2.75) is 6.92 Å². The molecule has 0 fully saturated rings. The number of nitrogens with zero attached hydrogens (tertiary/aromatic N) is 1. The highest BCUT2D eigenvalue weighted by Crippen LogP contribution is 2.22. The number of rotatable bonds is 2. The molecule has 0 aliphatic rings. The van der Waals surface area contributed by atoms with Gasteiger partial charge in [-0.05, 0) is 59.8 Å². The van der Waals surface area contributed by atoms with E-state index < -0.39 is 0 Å². The van der Waals surface area contributed by atoms with Gasteiger partial charge >= 0.3 is 0 Å². The van der Waals surface area contributed by atoms with Gasteiger partial charge in [0.15, 0.2) is 0 Å². The van der Waals surface area contributed by atoms with Crippen LogP contribution in [0.2, 0.25) is 5.02 Å². The lowest BCUT2D eigenvalue weighted by Crippen LogP contribution is -2.13. The summed E-state index contributed by atoms with van der Waals surface area (Å²) in [5.74, 6) is -0.152. The molecule has 92 valence electrons. The monoisotopic (exact) mass is 372 g/mol. The van der Waals surface area contributed by atoms with Crippen molar-refractivity contribution in [3.8, 4) is 0 Å². The molecule has 0 aliphatic heterocycles. The highest BCUT2D eigenvalue weighted by atomic mass is 127. The molecule has 1 N–H and O–H groups in total. The number of carbonyl (C=O) groups is 1. The maximum atomic E-state index is 12.0. The van der Waals surface area contributed by atoms with Crippen LogP contribution in [-0.4, -0.2) is 10.9 Å². The van der Waals surface area contributed by atoms with Crippen molar-refractivity contribution in [3.05, 3.63) is 56.4 Å². The maximum Gasteiger partial charge on any atom is 0.255 e. The second-order valence-electron chi connectivity index (χ2n) is 3.76. The molecule has 18 heavy (non-hydrogen) atoms. The van der Waals surface area contributed by atoms with Crippen LogP contribution in [-0.2, 0) is 0 Å². The third-order valence-electron chi connectivity index (χ3n) is 2.34. The van der Waals surface area contributed by atoms with Crippen molar-refractivity contribution in [1.82, 2.24) is 4.98 Å². The number of aromatic nitrogens is 1. The molecule has 1 aromatic carbocycles. The van der Waals surface area contributed by atoms with Crippen LogP contribution in [0.5, 0.6) is 0 Å². The van der Waals surface area contributed by atoms with E-state index in [-0.39, 0.29) is 5.91 Å². The number of amides is 1.